The lowest BCUT2D eigenvalue weighted by molar-refractivity contribution is 0.259. The van der Waals surface area contributed by atoms with E-state index in [1.165, 1.54) is 0 Å². The number of nitrogens with zero attached hydrogens (tertiary/aromatic N) is 1. The van der Waals surface area contributed by atoms with Gasteiger partial charge in [-0.05, 0) is 26.2 Å². The molecule has 0 heterocycles. The van der Waals surface area contributed by atoms with Gasteiger partial charge in [0, 0.05) is 23.1 Å². The van der Waals surface area contributed by atoms with E-state index >= 15 is 0 Å². The number of benzene rings is 1. The highest BCUT2D eigenvalue weighted by molar-refractivity contribution is 9.10. The topological polar surface area (TPSA) is 38.5 Å². The first kappa shape index (κ1) is 12.5. The van der Waals surface area contributed by atoms with Gasteiger partial charge in [-0.1, -0.05) is 22.0 Å². The Labute approximate surface area is 99.3 Å². The molecule has 0 atom stereocenters. The Kier molecular flexibility index (Phi) is 5.08. The predicted octanol–water partition coefficient (Wildman–Crippen LogP) is 1.85. The van der Waals surface area contributed by atoms with E-state index in [1.54, 1.807) is 0 Å². The predicted molar refractivity (Wildman–Crippen MR) is 66.1 cm³/mol. The molecule has 4 heteroatoms. The Morgan fingerprint density at radius 1 is 1.40 bits per heavy atom. The van der Waals surface area contributed by atoms with Gasteiger partial charge in [0.2, 0.25) is 0 Å². The van der Waals surface area contributed by atoms with Crippen molar-refractivity contribution in [3.63, 3.8) is 0 Å². The van der Waals surface area contributed by atoms with Gasteiger partial charge in [0.15, 0.2) is 0 Å². The zero-order valence-corrected chi connectivity index (χ0v) is 10.8. The molecule has 0 saturated heterocycles. The summed E-state index contributed by atoms with van der Waals surface area (Å²) in [7, 11) is 4.04. The molecule has 0 saturated carbocycles. The molecule has 0 aliphatic carbocycles. The number of hydrogen-bond acceptors (Lipinski definition) is 3. The molecule has 1 aromatic carbocycles. The summed E-state index contributed by atoms with van der Waals surface area (Å²) in [5, 5.41) is 0. The molecule has 1 rings (SSSR count). The average Bonchev–Trinajstić information content (AvgIpc) is 2.17. The number of hydrogen-bond donors (Lipinski definition) is 1. The van der Waals surface area contributed by atoms with Gasteiger partial charge in [0.05, 0.1) is 0 Å². The standard InChI is InChI=1S/C11H17BrN2O/c1-14(2)5-6-15-11-7-10(12)4-3-9(11)8-13/h3-4,7H,5-6,8,13H2,1-2H3. The van der Waals surface area contributed by atoms with E-state index in [2.05, 4.69) is 20.8 Å². The Balaban J connectivity index is 2.62. The van der Waals surface area contributed by atoms with Crippen LogP contribution in [0.4, 0.5) is 0 Å². The maximum absolute atomic E-state index is 5.67. The first-order chi connectivity index (χ1) is 7.13. The summed E-state index contributed by atoms with van der Waals surface area (Å²) in [5.41, 5.74) is 6.67. The zero-order valence-electron chi connectivity index (χ0n) is 9.16. The number of halogens is 1. The minimum atomic E-state index is 0.505. The van der Waals surface area contributed by atoms with E-state index in [-0.39, 0.29) is 0 Å². The van der Waals surface area contributed by atoms with Crippen LogP contribution in [-0.2, 0) is 6.54 Å². The molecule has 0 fully saturated rings. The van der Waals surface area contributed by atoms with Crippen molar-refractivity contribution < 1.29 is 4.74 Å². The summed E-state index contributed by atoms with van der Waals surface area (Å²) in [6.07, 6.45) is 0. The molecule has 0 spiro atoms. The summed E-state index contributed by atoms with van der Waals surface area (Å²) < 4.78 is 6.68. The van der Waals surface area contributed by atoms with Gasteiger partial charge in [-0.25, -0.2) is 0 Å². The average molecular weight is 273 g/mol. The third kappa shape index (κ3) is 4.20. The highest BCUT2D eigenvalue weighted by Crippen LogP contribution is 2.23. The Morgan fingerprint density at radius 3 is 2.73 bits per heavy atom. The van der Waals surface area contributed by atoms with Crippen molar-refractivity contribution in [3.8, 4) is 5.75 Å². The maximum Gasteiger partial charge on any atom is 0.124 e. The Bertz CT molecular complexity index is 315. The second-order valence-electron chi connectivity index (χ2n) is 3.61. The van der Waals surface area contributed by atoms with Crippen molar-refractivity contribution in [2.45, 2.75) is 6.54 Å². The second-order valence-corrected chi connectivity index (χ2v) is 4.52. The molecule has 0 aliphatic heterocycles. The van der Waals surface area contributed by atoms with Crippen LogP contribution < -0.4 is 10.5 Å². The molecule has 2 N–H and O–H groups in total. The molecular weight excluding hydrogens is 256 g/mol. The zero-order chi connectivity index (χ0) is 11.3. The number of likely N-dealkylation sites (N-methyl/N-ethyl adjacent to an activating group) is 1. The lowest BCUT2D eigenvalue weighted by Gasteiger charge is -2.13. The third-order valence-corrected chi connectivity index (χ3v) is 2.54. The Morgan fingerprint density at radius 2 is 2.13 bits per heavy atom. The van der Waals surface area contributed by atoms with Gasteiger partial charge in [-0.2, -0.15) is 0 Å². The fraction of sp³-hybridized carbons (Fsp3) is 0.455. The monoisotopic (exact) mass is 272 g/mol. The second kappa shape index (κ2) is 6.10. The van der Waals surface area contributed by atoms with E-state index < -0.39 is 0 Å². The molecule has 1 aromatic rings. The van der Waals surface area contributed by atoms with Gasteiger partial charge in [-0.3, -0.25) is 0 Å². The van der Waals surface area contributed by atoms with Crippen LogP contribution in [0.2, 0.25) is 0 Å². The first-order valence-corrected chi connectivity index (χ1v) is 5.69. The van der Waals surface area contributed by atoms with Crippen LogP contribution in [0.5, 0.6) is 5.75 Å². The lowest BCUT2D eigenvalue weighted by atomic mass is 10.2. The summed E-state index contributed by atoms with van der Waals surface area (Å²) in [4.78, 5) is 2.08. The van der Waals surface area contributed by atoms with Gasteiger partial charge >= 0.3 is 0 Å². The number of rotatable bonds is 5. The van der Waals surface area contributed by atoms with E-state index in [9.17, 15) is 0 Å². The third-order valence-electron chi connectivity index (χ3n) is 2.05. The molecule has 3 nitrogen and oxygen atoms in total. The van der Waals surface area contributed by atoms with Gasteiger partial charge < -0.3 is 15.4 Å². The molecule has 0 radical (unpaired) electrons. The van der Waals surface area contributed by atoms with E-state index in [1.807, 2.05) is 32.3 Å². The van der Waals surface area contributed by atoms with Gasteiger partial charge in [-0.15, -0.1) is 0 Å². The van der Waals surface area contributed by atoms with Gasteiger partial charge in [0.1, 0.15) is 12.4 Å². The van der Waals surface area contributed by atoms with Crippen LogP contribution in [0.3, 0.4) is 0 Å². The molecule has 0 unspecified atom stereocenters. The van der Waals surface area contributed by atoms with Crippen molar-refractivity contribution in [2.24, 2.45) is 5.73 Å². The normalized spacial score (nSPS) is 10.7. The van der Waals surface area contributed by atoms with Crippen LogP contribution in [-0.4, -0.2) is 32.1 Å². The molecule has 84 valence electrons. The van der Waals surface area contributed by atoms with Crippen LogP contribution in [0.25, 0.3) is 0 Å². The Hall–Kier alpha value is -0.580. The van der Waals surface area contributed by atoms with Gasteiger partial charge in [0.25, 0.3) is 0 Å². The van der Waals surface area contributed by atoms with Crippen molar-refractivity contribution in [2.75, 3.05) is 27.2 Å². The van der Waals surface area contributed by atoms with Crippen molar-refractivity contribution >= 4 is 15.9 Å². The van der Waals surface area contributed by atoms with Crippen LogP contribution >= 0.6 is 15.9 Å². The lowest BCUT2D eigenvalue weighted by Crippen LogP contribution is -2.19. The summed E-state index contributed by atoms with van der Waals surface area (Å²) >= 11 is 3.42. The van der Waals surface area contributed by atoms with Crippen molar-refractivity contribution in [3.05, 3.63) is 28.2 Å². The number of ether oxygens (including phenoxy) is 1. The maximum atomic E-state index is 5.67. The largest absolute Gasteiger partial charge is 0.492 e. The molecule has 0 aromatic heterocycles. The smallest absolute Gasteiger partial charge is 0.124 e. The molecule has 0 bridgehead atoms. The van der Waals surface area contributed by atoms with Crippen LogP contribution in [0.1, 0.15) is 5.56 Å². The first-order valence-electron chi connectivity index (χ1n) is 4.89. The minimum Gasteiger partial charge on any atom is -0.492 e. The highest BCUT2D eigenvalue weighted by Gasteiger charge is 2.03. The van der Waals surface area contributed by atoms with Crippen LogP contribution in [0, 0.1) is 0 Å². The highest BCUT2D eigenvalue weighted by atomic mass is 79.9. The fourth-order valence-electron chi connectivity index (χ4n) is 1.17. The van der Waals surface area contributed by atoms with E-state index in [4.69, 9.17) is 10.5 Å². The quantitative estimate of drug-likeness (QED) is 0.889. The van der Waals surface area contributed by atoms with E-state index in [0.29, 0.717) is 13.2 Å². The molecule has 15 heavy (non-hydrogen) atoms. The number of nitrogens with two attached hydrogens (primary N) is 1. The van der Waals surface area contributed by atoms with E-state index in [0.717, 1.165) is 22.3 Å². The summed E-state index contributed by atoms with van der Waals surface area (Å²) in [6.45, 7) is 2.08. The summed E-state index contributed by atoms with van der Waals surface area (Å²) in [5.74, 6) is 0.869. The SMILES string of the molecule is CN(C)CCOc1cc(Br)ccc1CN. The minimum absolute atomic E-state index is 0.505. The molecule has 0 amide bonds. The molecular formula is C11H17BrN2O. The van der Waals surface area contributed by atoms with Crippen LogP contribution in [0.15, 0.2) is 22.7 Å². The summed E-state index contributed by atoms with van der Waals surface area (Å²) in [6, 6.07) is 5.91. The fourth-order valence-corrected chi connectivity index (χ4v) is 1.51. The van der Waals surface area contributed by atoms with Crippen molar-refractivity contribution in [1.82, 2.24) is 4.90 Å². The van der Waals surface area contributed by atoms with Crippen molar-refractivity contribution in [1.29, 1.82) is 0 Å². The molecule has 0 aliphatic rings.